The summed E-state index contributed by atoms with van der Waals surface area (Å²) in [6.45, 7) is 10.4. The molecule has 0 aromatic rings. The SMILES string of the molecule is CC(C)CC(CN)CCNC1(C)CCOC1. The Labute approximate surface area is 100 Å². The zero-order valence-corrected chi connectivity index (χ0v) is 11.1. The van der Waals surface area contributed by atoms with Gasteiger partial charge in [0.2, 0.25) is 0 Å². The molecule has 1 heterocycles. The Morgan fingerprint density at radius 2 is 2.19 bits per heavy atom. The fraction of sp³-hybridized carbons (Fsp3) is 1.00. The first-order valence-electron chi connectivity index (χ1n) is 6.58. The van der Waals surface area contributed by atoms with Gasteiger partial charge in [-0.05, 0) is 51.1 Å². The van der Waals surface area contributed by atoms with E-state index in [1.165, 1.54) is 12.8 Å². The van der Waals surface area contributed by atoms with Gasteiger partial charge in [-0.15, -0.1) is 0 Å². The van der Waals surface area contributed by atoms with Gasteiger partial charge in [-0.25, -0.2) is 0 Å². The first-order valence-corrected chi connectivity index (χ1v) is 6.58. The molecule has 0 aromatic carbocycles. The first-order chi connectivity index (χ1) is 7.56. The van der Waals surface area contributed by atoms with Gasteiger partial charge in [-0.1, -0.05) is 13.8 Å². The predicted molar refractivity (Wildman–Crippen MR) is 68.5 cm³/mol. The van der Waals surface area contributed by atoms with E-state index in [2.05, 4.69) is 26.1 Å². The Bertz CT molecular complexity index is 188. The molecule has 1 fully saturated rings. The Hall–Kier alpha value is -0.120. The highest BCUT2D eigenvalue weighted by molar-refractivity contribution is 4.86. The lowest BCUT2D eigenvalue weighted by atomic mass is 9.93. The molecule has 1 rings (SSSR count). The van der Waals surface area contributed by atoms with Crippen LogP contribution in [0.2, 0.25) is 0 Å². The van der Waals surface area contributed by atoms with Crippen LogP contribution in [0.25, 0.3) is 0 Å². The monoisotopic (exact) mass is 228 g/mol. The number of nitrogens with one attached hydrogen (secondary N) is 1. The van der Waals surface area contributed by atoms with Gasteiger partial charge in [0.15, 0.2) is 0 Å². The third kappa shape index (κ3) is 4.81. The zero-order valence-electron chi connectivity index (χ0n) is 11.1. The number of hydrogen-bond acceptors (Lipinski definition) is 3. The van der Waals surface area contributed by atoms with Crippen LogP contribution in [0.5, 0.6) is 0 Å². The van der Waals surface area contributed by atoms with Crippen LogP contribution in [-0.2, 0) is 4.74 Å². The van der Waals surface area contributed by atoms with Crippen molar-refractivity contribution in [3.8, 4) is 0 Å². The van der Waals surface area contributed by atoms with E-state index >= 15 is 0 Å². The maximum absolute atomic E-state index is 5.80. The molecule has 0 radical (unpaired) electrons. The van der Waals surface area contributed by atoms with Crippen LogP contribution < -0.4 is 11.1 Å². The Morgan fingerprint density at radius 3 is 2.69 bits per heavy atom. The normalized spacial score (nSPS) is 27.6. The summed E-state index contributed by atoms with van der Waals surface area (Å²) < 4.78 is 5.42. The van der Waals surface area contributed by atoms with Crippen molar-refractivity contribution in [2.45, 2.75) is 45.6 Å². The molecular formula is C13H28N2O. The summed E-state index contributed by atoms with van der Waals surface area (Å²) in [6.07, 6.45) is 3.56. The summed E-state index contributed by atoms with van der Waals surface area (Å²) >= 11 is 0. The van der Waals surface area contributed by atoms with E-state index in [0.29, 0.717) is 5.92 Å². The summed E-state index contributed by atoms with van der Waals surface area (Å²) in [5.41, 5.74) is 6.00. The smallest absolute Gasteiger partial charge is 0.0646 e. The van der Waals surface area contributed by atoms with E-state index in [9.17, 15) is 0 Å². The Morgan fingerprint density at radius 1 is 1.44 bits per heavy atom. The van der Waals surface area contributed by atoms with Gasteiger partial charge in [0.25, 0.3) is 0 Å². The molecule has 3 heteroatoms. The number of nitrogens with two attached hydrogens (primary N) is 1. The molecule has 0 aromatic heterocycles. The highest BCUT2D eigenvalue weighted by atomic mass is 16.5. The maximum atomic E-state index is 5.80. The molecule has 0 saturated carbocycles. The summed E-state index contributed by atoms with van der Waals surface area (Å²) in [5, 5.41) is 3.62. The lowest BCUT2D eigenvalue weighted by Crippen LogP contribution is -2.43. The van der Waals surface area contributed by atoms with Gasteiger partial charge in [0.05, 0.1) is 6.61 Å². The second-order valence-electron chi connectivity index (χ2n) is 5.81. The van der Waals surface area contributed by atoms with E-state index < -0.39 is 0 Å². The summed E-state index contributed by atoms with van der Waals surface area (Å²) in [7, 11) is 0. The van der Waals surface area contributed by atoms with E-state index in [4.69, 9.17) is 10.5 Å². The molecule has 1 aliphatic rings. The average Bonchev–Trinajstić information content (AvgIpc) is 2.63. The van der Waals surface area contributed by atoms with Crippen molar-refractivity contribution in [1.82, 2.24) is 5.32 Å². The third-order valence-corrected chi connectivity index (χ3v) is 3.46. The number of ether oxygens (including phenoxy) is 1. The average molecular weight is 228 g/mol. The van der Waals surface area contributed by atoms with Gasteiger partial charge >= 0.3 is 0 Å². The highest BCUT2D eigenvalue weighted by Gasteiger charge is 2.28. The largest absolute Gasteiger partial charge is 0.379 e. The molecule has 0 aliphatic carbocycles. The molecule has 0 spiro atoms. The second kappa shape index (κ2) is 6.58. The van der Waals surface area contributed by atoms with Crippen molar-refractivity contribution >= 4 is 0 Å². The molecule has 1 aliphatic heterocycles. The summed E-state index contributed by atoms with van der Waals surface area (Å²) in [5.74, 6) is 1.41. The second-order valence-corrected chi connectivity index (χ2v) is 5.81. The van der Waals surface area contributed by atoms with E-state index in [0.717, 1.165) is 38.6 Å². The summed E-state index contributed by atoms with van der Waals surface area (Å²) in [6, 6.07) is 0. The van der Waals surface area contributed by atoms with Gasteiger partial charge < -0.3 is 15.8 Å². The van der Waals surface area contributed by atoms with Crippen LogP contribution in [0.15, 0.2) is 0 Å². The fourth-order valence-corrected chi connectivity index (χ4v) is 2.38. The van der Waals surface area contributed by atoms with Crippen molar-refractivity contribution < 1.29 is 4.74 Å². The van der Waals surface area contributed by atoms with Gasteiger partial charge in [-0.3, -0.25) is 0 Å². The Balaban J connectivity index is 2.17. The summed E-state index contributed by atoms with van der Waals surface area (Å²) in [4.78, 5) is 0. The number of hydrogen-bond donors (Lipinski definition) is 2. The van der Waals surface area contributed by atoms with Crippen molar-refractivity contribution in [2.75, 3.05) is 26.3 Å². The van der Waals surface area contributed by atoms with Gasteiger partial charge in [0.1, 0.15) is 0 Å². The van der Waals surface area contributed by atoms with Crippen LogP contribution in [0.4, 0.5) is 0 Å². The van der Waals surface area contributed by atoms with Crippen LogP contribution in [0, 0.1) is 11.8 Å². The fourth-order valence-electron chi connectivity index (χ4n) is 2.38. The van der Waals surface area contributed by atoms with Gasteiger partial charge in [-0.2, -0.15) is 0 Å². The molecule has 16 heavy (non-hydrogen) atoms. The van der Waals surface area contributed by atoms with Crippen LogP contribution in [0.3, 0.4) is 0 Å². The molecule has 0 amide bonds. The topological polar surface area (TPSA) is 47.3 Å². The van der Waals surface area contributed by atoms with Crippen molar-refractivity contribution in [2.24, 2.45) is 17.6 Å². The van der Waals surface area contributed by atoms with Crippen LogP contribution >= 0.6 is 0 Å². The molecule has 0 bridgehead atoms. The minimum absolute atomic E-state index is 0.205. The molecule has 1 saturated heterocycles. The first kappa shape index (κ1) is 13.9. The lowest BCUT2D eigenvalue weighted by molar-refractivity contribution is 0.170. The zero-order chi connectivity index (χ0) is 12.0. The quantitative estimate of drug-likeness (QED) is 0.698. The van der Waals surface area contributed by atoms with Crippen molar-refractivity contribution in [1.29, 1.82) is 0 Å². The van der Waals surface area contributed by atoms with E-state index in [1.807, 2.05) is 0 Å². The molecule has 3 N–H and O–H groups in total. The number of rotatable bonds is 7. The Kier molecular flexibility index (Phi) is 5.73. The minimum Gasteiger partial charge on any atom is -0.379 e. The van der Waals surface area contributed by atoms with Crippen LogP contribution in [-0.4, -0.2) is 31.8 Å². The molecule has 2 atom stereocenters. The van der Waals surface area contributed by atoms with Crippen molar-refractivity contribution in [3.05, 3.63) is 0 Å². The third-order valence-electron chi connectivity index (χ3n) is 3.46. The van der Waals surface area contributed by atoms with Gasteiger partial charge in [0, 0.05) is 12.1 Å². The highest BCUT2D eigenvalue weighted by Crippen LogP contribution is 2.18. The maximum Gasteiger partial charge on any atom is 0.0646 e. The predicted octanol–water partition coefficient (Wildman–Crippen LogP) is 1.77. The standard InChI is InChI=1S/C13H28N2O/c1-11(2)8-12(9-14)4-6-15-13(3)5-7-16-10-13/h11-12,15H,4-10,14H2,1-3H3. The molecular weight excluding hydrogens is 200 g/mol. The molecule has 96 valence electrons. The molecule has 2 unspecified atom stereocenters. The van der Waals surface area contributed by atoms with E-state index in [1.54, 1.807) is 0 Å². The minimum atomic E-state index is 0.205. The van der Waals surface area contributed by atoms with Crippen molar-refractivity contribution in [3.63, 3.8) is 0 Å². The van der Waals surface area contributed by atoms with Crippen LogP contribution in [0.1, 0.15) is 40.0 Å². The molecule has 3 nitrogen and oxygen atoms in total. The van der Waals surface area contributed by atoms with E-state index in [-0.39, 0.29) is 5.54 Å². The lowest BCUT2D eigenvalue weighted by Gasteiger charge is -2.25.